The Morgan fingerprint density at radius 2 is 1.68 bits per heavy atom. The number of nitro benzene ring substituents is 1. The molecule has 0 aliphatic carbocycles. The zero-order valence-electron chi connectivity index (χ0n) is 18.3. The molecule has 0 heterocycles. The number of rotatable bonds is 8. The molecule has 4 aromatic carbocycles. The summed E-state index contributed by atoms with van der Waals surface area (Å²) < 4.78 is 11.1. The summed E-state index contributed by atoms with van der Waals surface area (Å²) in [6.45, 7) is 0.287. The van der Waals surface area contributed by atoms with Gasteiger partial charge in [-0.05, 0) is 70.4 Å². The van der Waals surface area contributed by atoms with E-state index in [4.69, 9.17) is 9.47 Å². The van der Waals surface area contributed by atoms with Crippen LogP contribution in [0.2, 0.25) is 0 Å². The highest BCUT2D eigenvalue weighted by atomic mass is 16.6. The zero-order chi connectivity index (χ0) is 23.9. The number of hydrogen-bond donors (Lipinski definition) is 1. The predicted octanol–water partition coefficient (Wildman–Crippen LogP) is 5.10. The Balaban J connectivity index is 1.35. The predicted molar refractivity (Wildman–Crippen MR) is 129 cm³/mol. The molecular formula is C26H21N3O5. The number of nitrogens with zero attached hydrogens (tertiary/aromatic N) is 2. The summed E-state index contributed by atoms with van der Waals surface area (Å²) >= 11 is 0. The molecule has 4 rings (SSSR count). The quantitative estimate of drug-likeness (QED) is 0.226. The molecule has 0 bridgehead atoms. The third kappa shape index (κ3) is 5.36. The maximum Gasteiger partial charge on any atom is 0.275 e. The van der Waals surface area contributed by atoms with Crippen LogP contribution in [-0.4, -0.2) is 24.2 Å². The van der Waals surface area contributed by atoms with Crippen molar-refractivity contribution >= 4 is 28.6 Å². The van der Waals surface area contributed by atoms with E-state index in [1.54, 1.807) is 42.5 Å². The monoisotopic (exact) mass is 455 g/mol. The first kappa shape index (κ1) is 22.5. The van der Waals surface area contributed by atoms with Gasteiger partial charge >= 0.3 is 0 Å². The van der Waals surface area contributed by atoms with Gasteiger partial charge < -0.3 is 9.47 Å². The molecule has 0 unspecified atom stereocenters. The molecule has 0 saturated heterocycles. The lowest BCUT2D eigenvalue weighted by Crippen LogP contribution is -2.18. The minimum atomic E-state index is -0.439. The third-order valence-electron chi connectivity index (χ3n) is 5.12. The van der Waals surface area contributed by atoms with Gasteiger partial charge in [-0.3, -0.25) is 14.9 Å². The van der Waals surface area contributed by atoms with E-state index in [0.29, 0.717) is 17.1 Å². The number of benzene rings is 4. The topological polar surface area (TPSA) is 103 Å². The van der Waals surface area contributed by atoms with Crippen LogP contribution >= 0.6 is 0 Å². The van der Waals surface area contributed by atoms with Gasteiger partial charge in [0.25, 0.3) is 11.6 Å². The van der Waals surface area contributed by atoms with Crippen molar-refractivity contribution in [1.29, 1.82) is 0 Å². The number of hydrazone groups is 1. The van der Waals surface area contributed by atoms with E-state index in [1.807, 2.05) is 30.3 Å². The molecule has 0 fully saturated rings. The fourth-order valence-electron chi connectivity index (χ4n) is 3.32. The number of fused-ring (bicyclic) bond motifs is 1. The normalized spacial score (nSPS) is 10.9. The van der Waals surface area contributed by atoms with E-state index in [2.05, 4.69) is 10.5 Å². The van der Waals surface area contributed by atoms with Crippen molar-refractivity contribution in [2.75, 3.05) is 7.11 Å². The van der Waals surface area contributed by atoms with Gasteiger partial charge in [0.2, 0.25) is 0 Å². The smallest absolute Gasteiger partial charge is 0.275 e. The van der Waals surface area contributed by atoms with Crippen molar-refractivity contribution in [1.82, 2.24) is 5.43 Å². The summed E-state index contributed by atoms with van der Waals surface area (Å²) in [6.07, 6.45) is 1.53. The first-order valence-electron chi connectivity index (χ1n) is 10.4. The molecule has 0 aromatic heterocycles. The number of amides is 1. The van der Waals surface area contributed by atoms with Crippen LogP contribution < -0.4 is 14.9 Å². The first-order chi connectivity index (χ1) is 16.5. The molecule has 8 heteroatoms. The second-order valence-corrected chi connectivity index (χ2v) is 7.38. The van der Waals surface area contributed by atoms with Gasteiger partial charge in [-0.2, -0.15) is 5.10 Å². The SMILES string of the molecule is COc1cc2ccccc2cc1C(=O)N/N=C\c1ccc(OCc2ccc([N+](=O)[O-])cc2)cc1. The largest absolute Gasteiger partial charge is 0.496 e. The molecule has 0 spiro atoms. The Morgan fingerprint density at radius 3 is 2.32 bits per heavy atom. The van der Waals surface area contributed by atoms with E-state index in [0.717, 1.165) is 21.9 Å². The Morgan fingerprint density at radius 1 is 1.00 bits per heavy atom. The minimum absolute atomic E-state index is 0.0403. The molecule has 0 aliphatic rings. The lowest BCUT2D eigenvalue weighted by atomic mass is 10.1. The Hall–Kier alpha value is -4.72. The van der Waals surface area contributed by atoms with Gasteiger partial charge in [0.1, 0.15) is 18.1 Å². The van der Waals surface area contributed by atoms with Crippen LogP contribution in [0.5, 0.6) is 11.5 Å². The number of non-ortho nitro benzene ring substituents is 1. The highest BCUT2D eigenvalue weighted by Crippen LogP contribution is 2.26. The molecule has 0 radical (unpaired) electrons. The molecular weight excluding hydrogens is 434 g/mol. The van der Waals surface area contributed by atoms with E-state index >= 15 is 0 Å². The lowest BCUT2D eigenvalue weighted by Gasteiger charge is -2.09. The second-order valence-electron chi connectivity index (χ2n) is 7.38. The maximum absolute atomic E-state index is 12.6. The van der Waals surface area contributed by atoms with Gasteiger partial charge in [-0.25, -0.2) is 5.43 Å². The van der Waals surface area contributed by atoms with E-state index in [1.165, 1.54) is 25.5 Å². The maximum atomic E-state index is 12.6. The van der Waals surface area contributed by atoms with Gasteiger partial charge in [-0.15, -0.1) is 0 Å². The summed E-state index contributed by atoms with van der Waals surface area (Å²) in [7, 11) is 1.52. The molecule has 1 amide bonds. The number of carbonyl (C=O) groups excluding carboxylic acids is 1. The Kier molecular flexibility index (Phi) is 6.78. The molecule has 34 heavy (non-hydrogen) atoms. The molecule has 0 aliphatic heterocycles. The van der Waals surface area contributed by atoms with Crippen molar-refractivity contribution in [2.24, 2.45) is 5.10 Å². The van der Waals surface area contributed by atoms with Crippen molar-refractivity contribution in [2.45, 2.75) is 6.61 Å². The number of nitrogens with one attached hydrogen (secondary N) is 1. The molecule has 8 nitrogen and oxygen atoms in total. The van der Waals surface area contributed by atoms with Crippen LogP contribution in [0.3, 0.4) is 0 Å². The van der Waals surface area contributed by atoms with Crippen LogP contribution in [0.15, 0.2) is 90.0 Å². The van der Waals surface area contributed by atoms with Crippen molar-refractivity contribution < 1.29 is 19.2 Å². The van der Waals surface area contributed by atoms with Gasteiger partial charge in [0, 0.05) is 12.1 Å². The van der Waals surface area contributed by atoms with E-state index in [-0.39, 0.29) is 18.2 Å². The van der Waals surface area contributed by atoms with Crippen molar-refractivity contribution in [3.05, 3.63) is 112 Å². The third-order valence-corrected chi connectivity index (χ3v) is 5.12. The number of carbonyl (C=O) groups is 1. The van der Waals surface area contributed by atoms with Crippen molar-refractivity contribution in [3.63, 3.8) is 0 Å². The highest BCUT2D eigenvalue weighted by molar-refractivity contribution is 6.01. The second kappa shape index (κ2) is 10.3. The summed E-state index contributed by atoms with van der Waals surface area (Å²) in [6, 6.07) is 24.7. The number of hydrogen-bond acceptors (Lipinski definition) is 6. The minimum Gasteiger partial charge on any atom is -0.496 e. The van der Waals surface area contributed by atoms with Gasteiger partial charge in [0.15, 0.2) is 0 Å². The first-order valence-corrected chi connectivity index (χ1v) is 10.4. The number of ether oxygens (including phenoxy) is 2. The lowest BCUT2D eigenvalue weighted by molar-refractivity contribution is -0.384. The summed E-state index contributed by atoms with van der Waals surface area (Å²) in [5.41, 5.74) is 4.56. The summed E-state index contributed by atoms with van der Waals surface area (Å²) in [5, 5.41) is 16.7. The van der Waals surface area contributed by atoms with Gasteiger partial charge in [-0.1, -0.05) is 24.3 Å². The fourth-order valence-corrected chi connectivity index (χ4v) is 3.32. The van der Waals surface area contributed by atoms with Crippen LogP contribution in [-0.2, 0) is 6.61 Å². The van der Waals surface area contributed by atoms with Crippen LogP contribution in [0.1, 0.15) is 21.5 Å². The molecule has 0 saturated carbocycles. The molecule has 4 aromatic rings. The summed E-state index contributed by atoms with van der Waals surface area (Å²) in [4.78, 5) is 22.9. The van der Waals surface area contributed by atoms with Crippen LogP contribution in [0.25, 0.3) is 10.8 Å². The molecule has 0 atom stereocenters. The van der Waals surface area contributed by atoms with Gasteiger partial charge in [0.05, 0.1) is 23.8 Å². The van der Waals surface area contributed by atoms with Crippen LogP contribution in [0, 0.1) is 10.1 Å². The van der Waals surface area contributed by atoms with Crippen molar-refractivity contribution in [3.8, 4) is 11.5 Å². The van der Waals surface area contributed by atoms with Crippen LogP contribution in [0.4, 0.5) is 5.69 Å². The molecule has 170 valence electrons. The summed E-state index contributed by atoms with van der Waals surface area (Å²) in [5.74, 6) is 0.739. The Bertz CT molecular complexity index is 1350. The Labute approximate surface area is 195 Å². The number of methoxy groups -OCH3 is 1. The molecule has 1 N–H and O–H groups in total. The average Bonchev–Trinajstić information content (AvgIpc) is 2.87. The fraction of sp³-hybridized carbons (Fsp3) is 0.0769. The highest BCUT2D eigenvalue weighted by Gasteiger charge is 2.13. The van der Waals surface area contributed by atoms with E-state index < -0.39 is 4.92 Å². The zero-order valence-corrected chi connectivity index (χ0v) is 18.3. The standard InChI is InChI=1S/C26H21N3O5/c1-33-25-15-21-5-3-2-4-20(21)14-24(25)26(30)28-27-16-18-8-12-23(13-9-18)34-17-19-6-10-22(11-7-19)29(31)32/h2-16H,17H2,1H3,(H,28,30)/b27-16-. The number of nitro groups is 1. The average molecular weight is 455 g/mol. The van der Waals surface area contributed by atoms with E-state index in [9.17, 15) is 14.9 Å².